The van der Waals surface area contributed by atoms with Crippen molar-refractivity contribution in [2.75, 3.05) is 32.6 Å². The molecule has 0 bridgehead atoms. The second-order valence-corrected chi connectivity index (χ2v) is 7.90. The van der Waals surface area contributed by atoms with Crippen LogP contribution in [0.2, 0.25) is 0 Å². The maximum Gasteiger partial charge on any atom is 0.428 e. The van der Waals surface area contributed by atoms with Crippen molar-refractivity contribution in [2.45, 2.75) is 31.9 Å². The van der Waals surface area contributed by atoms with E-state index < -0.39 is 40.4 Å². The standard InChI is InChI=1S/C17H27N3O8S/c1-5-9-26-16(22)19-12-15(28-29(4,24)25)11-14(19)7-8-20(18-13(3)21)17(23)27-10-6-2/h5-6,14-15H,1-2,7-12H2,3-4H3,(H,18,21). The second kappa shape index (κ2) is 11.4. The lowest BCUT2D eigenvalue weighted by Crippen LogP contribution is -2.48. The Kier molecular flexibility index (Phi) is 9.62. The third-order valence-corrected chi connectivity index (χ3v) is 4.39. The molecule has 0 aliphatic carbocycles. The summed E-state index contributed by atoms with van der Waals surface area (Å²) in [6, 6.07) is -0.484. The number of amides is 3. The van der Waals surface area contributed by atoms with Crippen LogP contribution in [-0.4, -0.2) is 81.1 Å². The van der Waals surface area contributed by atoms with Crippen molar-refractivity contribution in [2.24, 2.45) is 0 Å². The van der Waals surface area contributed by atoms with Crippen LogP contribution < -0.4 is 5.43 Å². The molecule has 1 aliphatic heterocycles. The molecule has 2 atom stereocenters. The molecule has 1 saturated heterocycles. The van der Waals surface area contributed by atoms with Crippen molar-refractivity contribution in [1.82, 2.24) is 15.3 Å². The van der Waals surface area contributed by atoms with E-state index in [1.807, 2.05) is 0 Å². The predicted molar refractivity (Wildman–Crippen MR) is 103 cm³/mol. The van der Waals surface area contributed by atoms with E-state index in [1.54, 1.807) is 0 Å². The van der Waals surface area contributed by atoms with Crippen molar-refractivity contribution < 1.29 is 36.5 Å². The van der Waals surface area contributed by atoms with Gasteiger partial charge in [0, 0.05) is 19.5 Å². The number of carbonyl (C=O) groups is 3. The lowest BCUT2D eigenvalue weighted by atomic mass is 10.1. The molecule has 1 rings (SSSR count). The van der Waals surface area contributed by atoms with Gasteiger partial charge in [0.2, 0.25) is 5.91 Å². The molecule has 0 spiro atoms. The Hall–Kier alpha value is -2.60. The molecule has 164 valence electrons. The molecule has 1 aliphatic rings. The summed E-state index contributed by atoms with van der Waals surface area (Å²) >= 11 is 0. The van der Waals surface area contributed by atoms with Crippen LogP contribution >= 0.6 is 0 Å². The first-order valence-corrected chi connectivity index (χ1v) is 10.6. The summed E-state index contributed by atoms with van der Waals surface area (Å²) in [5.41, 5.74) is 2.35. The van der Waals surface area contributed by atoms with Gasteiger partial charge in [-0.05, 0) is 12.8 Å². The minimum atomic E-state index is -3.71. The summed E-state index contributed by atoms with van der Waals surface area (Å²) in [6.45, 7) is 8.12. The van der Waals surface area contributed by atoms with Crippen LogP contribution in [0, 0.1) is 0 Å². The average Bonchev–Trinajstić information content (AvgIpc) is 3.01. The highest BCUT2D eigenvalue weighted by Crippen LogP contribution is 2.25. The Labute approximate surface area is 170 Å². The third-order valence-electron chi connectivity index (χ3n) is 3.77. The van der Waals surface area contributed by atoms with Gasteiger partial charge in [0.25, 0.3) is 10.1 Å². The quantitative estimate of drug-likeness (QED) is 0.321. The average molecular weight is 433 g/mol. The first-order chi connectivity index (χ1) is 13.6. The lowest BCUT2D eigenvalue weighted by Gasteiger charge is -2.27. The third kappa shape index (κ3) is 8.96. The van der Waals surface area contributed by atoms with Crippen molar-refractivity contribution in [1.29, 1.82) is 0 Å². The number of hydrazine groups is 1. The lowest BCUT2D eigenvalue weighted by molar-refractivity contribution is -0.123. The number of nitrogens with one attached hydrogen (secondary N) is 1. The highest BCUT2D eigenvalue weighted by Gasteiger charge is 2.38. The number of ether oxygens (including phenoxy) is 2. The minimum absolute atomic E-state index is 0.00838. The number of carbonyl (C=O) groups excluding carboxylic acids is 3. The van der Waals surface area contributed by atoms with Gasteiger partial charge in [0.15, 0.2) is 0 Å². The van der Waals surface area contributed by atoms with Crippen molar-refractivity contribution in [3.8, 4) is 0 Å². The Morgan fingerprint density at radius 1 is 1.21 bits per heavy atom. The van der Waals surface area contributed by atoms with Crippen LogP contribution in [0.25, 0.3) is 0 Å². The molecule has 0 aromatic rings. The Morgan fingerprint density at radius 2 is 1.83 bits per heavy atom. The second-order valence-electron chi connectivity index (χ2n) is 6.30. The zero-order valence-electron chi connectivity index (χ0n) is 16.5. The molecule has 0 aromatic carbocycles. The first kappa shape index (κ1) is 24.4. The van der Waals surface area contributed by atoms with E-state index in [0.717, 1.165) is 11.3 Å². The normalized spacial score (nSPS) is 18.6. The van der Waals surface area contributed by atoms with Gasteiger partial charge in [-0.2, -0.15) is 8.42 Å². The highest BCUT2D eigenvalue weighted by molar-refractivity contribution is 7.86. The summed E-state index contributed by atoms with van der Waals surface area (Å²) in [4.78, 5) is 37.1. The number of hydrogen-bond donors (Lipinski definition) is 1. The Bertz CT molecular complexity index is 724. The molecule has 3 amide bonds. The fourth-order valence-electron chi connectivity index (χ4n) is 2.77. The fourth-order valence-corrected chi connectivity index (χ4v) is 3.40. The molecule has 0 saturated carbocycles. The smallest absolute Gasteiger partial charge is 0.428 e. The van der Waals surface area contributed by atoms with E-state index in [-0.39, 0.29) is 39.1 Å². The largest absolute Gasteiger partial charge is 0.445 e. The maximum absolute atomic E-state index is 12.3. The molecule has 29 heavy (non-hydrogen) atoms. The molecule has 1 N–H and O–H groups in total. The Morgan fingerprint density at radius 3 is 2.38 bits per heavy atom. The van der Waals surface area contributed by atoms with Gasteiger partial charge in [-0.25, -0.2) is 14.6 Å². The van der Waals surface area contributed by atoms with Gasteiger partial charge in [-0.3, -0.25) is 14.4 Å². The topological polar surface area (TPSA) is 132 Å². The number of likely N-dealkylation sites (tertiary alicyclic amines) is 1. The van der Waals surface area contributed by atoms with Crippen LogP contribution in [0.5, 0.6) is 0 Å². The van der Waals surface area contributed by atoms with E-state index >= 15 is 0 Å². The van der Waals surface area contributed by atoms with Gasteiger partial charge >= 0.3 is 12.2 Å². The molecular formula is C17H27N3O8S. The van der Waals surface area contributed by atoms with Gasteiger partial charge in [-0.1, -0.05) is 25.3 Å². The van der Waals surface area contributed by atoms with Crippen molar-refractivity contribution >= 4 is 28.2 Å². The van der Waals surface area contributed by atoms with Crippen LogP contribution in [0.1, 0.15) is 19.8 Å². The first-order valence-electron chi connectivity index (χ1n) is 8.82. The number of nitrogens with zero attached hydrogens (tertiary/aromatic N) is 2. The van der Waals surface area contributed by atoms with Gasteiger partial charge in [-0.15, -0.1) is 0 Å². The summed E-state index contributed by atoms with van der Waals surface area (Å²) in [7, 11) is -3.71. The monoisotopic (exact) mass is 433 g/mol. The fraction of sp³-hybridized carbons (Fsp3) is 0.588. The molecule has 1 heterocycles. The molecule has 0 radical (unpaired) electrons. The molecule has 12 heteroatoms. The molecule has 11 nitrogen and oxygen atoms in total. The maximum atomic E-state index is 12.3. The summed E-state index contributed by atoms with van der Waals surface area (Å²) < 4.78 is 37.8. The van der Waals surface area contributed by atoms with Crippen molar-refractivity contribution in [3.63, 3.8) is 0 Å². The SMILES string of the molecule is C=CCOC(=O)N(CCC1CC(OS(C)(=O)=O)CN1C(=O)OCC=C)NC(C)=O. The molecule has 1 fully saturated rings. The Balaban J connectivity index is 2.85. The van der Waals surface area contributed by atoms with E-state index in [2.05, 4.69) is 18.6 Å². The highest BCUT2D eigenvalue weighted by atomic mass is 32.2. The van der Waals surface area contributed by atoms with E-state index in [1.165, 1.54) is 24.0 Å². The van der Waals surface area contributed by atoms with Crippen LogP contribution in [0.4, 0.5) is 9.59 Å². The number of rotatable bonds is 9. The van der Waals surface area contributed by atoms with Crippen LogP contribution in [0.3, 0.4) is 0 Å². The van der Waals surface area contributed by atoms with E-state index in [4.69, 9.17) is 13.7 Å². The predicted octanol–water partition coefficient (Wildman–Crippen LogP) is 0.794. The summed E-state index contributed by atoms with van der Waals surface area (Å²) in [6.07, 6.45) is 1.95. The minimum Gasteiger partial charge on any atom is -0.445 e. The van der Waals surface area contributed by atoms with Gasteiger partial charge in [0.05, 0.1) is 18.9 Å². The zero-order chi connectivity index (χ0) is 22.0. The summed E-state index contributed by atoms with van der Waals surface area (Å²) in [5.74, 6) is -0.479. The van der Waals surface area contributed by atoms with Gasteiger partial charge in [0.1, 0.15) is 13.2 Å². The van der Waals surface area contributed by atoms with E-state index in [9.17, 15) is 22.8 Å². The van der Waals surface area contributed by atoms with Crippen LogP contribution in [0.15, 0.2) is 25.3 Å². The van der Waals surface area contributed by atoms with Crippen LogP contribution in [-0.2, 0) is 28.6 Å². The van der Waals surface area contributed by atoms with Gasteiger partial charge < -0.3 is 14.4 Å². The summed E-state index contributed by atoms with van der Waals surface area (Å²) in [5, 5.41) is 0.976. The molecule has 0 aromatic heterocycles. The molecular weight excluding hydrogens is 406 g/mol. The molecule has 2 unspecified atom stereocenters. The number of hydrogen-bond acceptors (Lipinski definition) is 8. The zero-order valence-corrected chi connectivity index (χ0v) is 17.4. The van der Waals surface area contributed by atoms with E-state index in [0.29, 0.717) is 0 Å². The van der Waals surface area contributed by atoms with Crippen molar-refractivity contribution in [3.05, 3.63) is 25.3 Å².